The van der Waals surface area contributed by atoms with Crippen molar-refractivity contribution in [3.8, 4) is 5.75 Å². The normalized spacial score (nSPS) is 15.4. The average Bonchev–Trinajstić information content (AvgIpc) is 2.08. The molecule has 0 saturated heterocycles. The molecule has 0 fully saturated rings. The molecule has 1 rings (SSSR count). The van der Waals surface area contributed by atoms with Crippen LogP contribution in [0.5, 0.6) is 5.75 Å². The highest BCUT2D eigenvalue weighted by Crippen LogP contribution is 2.21. The van der Waals surface area contributed by atoms with E-state index in [-0.39, 0.29) is 11.8 Å². The zero-order valence-electron chi connectivity index (χ0n) is 7.86. The molecule has 0 heterocycles. The van der Waals surface area contributed by atoms with Crippen LogP contribution in [-0.4, -0.2) is 16.3 Å². The van der Waals surface area contributed by atoms with Gasteiger partial charge in [0.25, 0.3) is 0 Å². The first kappa shape index (κ1) is 10.0. The molecule has 1 aromatic carbocycles. The lowest BCUT2D eigenvalue weighted by Crippen LogP contribution is -2.23. The van der Waals surface area contributed by atoms with Gasteiger partial charge in [0.2, 0.25) is 0 Å². The number of aliphatic hydroxyl groups is 1. The van der Waals surface area contributed by atoms with E-state index in [9.17, 15) is 10.2 Å². The highest BCUT2D eigenvalue weighted by molar-refractivity contribution is 5.36. The van der Waals surface area contributed by atoms with Gasteiger partial charge in [-0.3, -0.25) is 0 Å². The number of phenolic OH excluding ortho intramolecular Hbond substituents is 1. The summed E-state index contributed by atoms with van der Waals surface area (Å²) in [6.07, 6.45) is -0.580. The molecule has 1 aromatic rings. The summed E-state index contributed by atoms with van der Waals surface area (Å²) in [6, 6.07) is 4.71. The smallest absolute Gasteiger partial charge is 0.118 e. The van der Waals surface area contributed by atoms with Crippen molar-refractivity contribution in [2.75, 3.05) is 0 Å². The Morgan fingerprint density at radius 3 is 2.46 bits per heavy atom. The predicted molar refractivity (Wildman–Crippen MR) is 51.5 cm³/mol. The zero-order chi connectivity index (χ0) is 10.0. The van der Waals surface area contributed by atoms with Gasteiger partial charge in [0, 0.05) is 0 Å². The predicted octanol–water partition coefficient (Wildman–Crippen LogP) is 1.08. The average molecular weight is 181 g/mol. The van der Waals surface area contributed by atoms with Crippen molar-refractivity contribution in [3.63, 3.8) is 0 Å². The third-order valence-electron chi connectivity index (χ3n) is 2.13. The first-order chi connectivity index (χ1) is 6.02. The van der Waals surface area contributed by atoms with Crippen molar-refractivity contribution >= 4 is 0 Å². The van der Waals surface area contributed by atoms with Crippen molar-refractivity contribution in [1.29, 1.82) is 0 Å². The summed E-state index contributed by atoms with van der Waals surface area (Å²) >= 11 is 0. The van der Waals surface area contributed by atoms with Crippen LogP contribution in [-0.2, 0) is 0 Å². The van der Waals surface area contributed by atoms with Gasteiger partial charge in [0.15, 0.2) is 0 Å². The number of hydrogen-bond donors (Lipinski definition) is 3. The minimum Gasteiger partial charge on any atom is -0.508 e. The molecule has 3 nitrogen and oxygen atoms in total. The number of benzene rings is 1. The lowest BCUT2D eigenvalue weighted by molar-refractivity contribution is 0.164. The fourth-order valence-corrected chi connectivity index (χ4v) is 1.16. The third-order valence-corrected chi connectivity index (χ3v) is 2.13. The fraction of sp³-hybridized carbons (Fsp3) is 0.400. The first-order valence-electron chi connectivity index (χ1n) is 4.25. The number of hydrogen-bond acceptors (Lipinski definition) is 3. The third kappa shape index (κ3) is 2.20. The summed E-state index contributed by atoms with van der Waals surface area (Å²) in [5.74, 6) is 0.251. The van der Waals surface area contributed by atoms with Crippen LogP contribution in [0, 0.1) is 6.92 Å². The van der Waals surface area contributed by atoms with Crippen molar-refractivity contribution in [1.82, 2.24) is 0 Å². The number of aliphatic hydroxyl groups excluding tert-OH is 1. The maximum Gasteiger partial charge on any atom is 0.118 e. The van der Waals surface area contributed by atoms with E-state index in [1.54, 1.807) is 32.0 Å². The quantitative estimate of drug-likeness (QED) is 0.639. The van der Waals surface area contributed by atoms with Crippen molar-refractivity contribution in [3.05, 3.63) is 29.3 Å². The molecule has 72 valence electrons. The van der Waals surface area contributed by atoms with E-state index in [1.165, 1.54) is 0 Å². The molecular formula is C10H15NO2. The molecule has 3 heteroatoms. The second kappa shape index (κ2) is 3.77. The maximum atomic E-state index is 9.26. The van der Waals surface area contributed by atoms with Gasteiger partial charge in [0.05, 0.1) is 12.1 Å². The van der Waals surface area contributed by atoms with E-state index in [0.717, 1.165) is 11.1 Å². The Balaban J connectivity index is 2.97. The SMILES string of the molecule is Cc1cc(C(N)C(C)O)ccc1O. The molecule has 13 heavy (non-hydrogen) atoms. The minimum atomic E-state index is -0.580. The summed E-state index contributed by atoms with van der Waals surface area (Å²) in [7, 11) is 0. The zero-order valence-corrected chi connectivity index (χ0v) is 7.86. The molecule has 0 aromatic heterocycles. The number of aromatic hydroxyl groups is 1. The lowest BCUT2D eigenvalue weighted by Gasteiger charge is -2.15. The van der Waals surface area contributed by atoms with Gasteiger partial charge in [-0.2, -0.15) is 0 Å². The van der Waals surface area contributed by atoms with E-state index in [2.05, 4.69) is 0 Å². The Morgan fingerprint density at radius 1 is 1.38 bits per heavy atom. The molecule has 0 amide bonds. The molecule has 0 saturated carbocycles. The number of phenols is 1. The molecular weight excluding hydrogens is 166 g/mol. The first-order valence-corrected chi connectivity index (χ1v) is 4.25. The Hall–Kier alpha value is -1.06. The van der Waals surface area contributed by atoms with Crippen molar-refractivity contribution in [2.45, 2.75) is 26.0 Å². The highest BCUT2D eigenvalue weighted by atomic mass is 16.3. The molecule has 0 radical (unpaired) electrons. The standard InChI is InChI=1S/C10H15NO2/c1-6-5-8(3-4-9(6)13)10(11)7(2)12/h3-5,7,10,12-13H,11H2,1-2H3. The summed E-state index contributed by atoms with van der Waals surface area (Å²) in [6.45, 7) is 3.44. The molecule has 4 N–H and O–H groups in total. The fourth-order valence-electron chi connectivity index (χ4n) is 1.16. The van der Waals surface area contributed by atoms with Crippen LogP contribution in [0.2, 0.25) is 0 Å². The highest BCUT2D eigenvalue weighted by Gasteiger charge is 2.12. The number of nitrogens with two attached hydrogens (primary N) is 1. The summed E-state index contributed by atoms with van der Waals surface area (Å²) in [4.78, 5) is 0. The molecule has 2 unspecified atom stereocenters. The second-order valence-corrected chi connectivity index (χ2v) is 3.31. The Bertz CT molecular complexity index is 297. The van der Waals surface area contributed by atoms with Crippen LogP contribution in [0.4, 0.5) is 0 Å². The van der Waals surface area contributed by atoms with Crippen LogP contribution in [0.25, 0.3) is 0 Å². The van der Waals surface area contributed by atoms with Crippen LogP contribution in [0.1, 0.15) is 24.1 Å². The molecule has 0 aliphatic heterocycles. The number of rotatable bonds is 2. The van der Waals surface area contributed by atoms with E-state index in [0.29, 0.717) is 0 Å². The molecule has 0 aliphatic rings. The van der Waals surface area contributed by atoms with Gasteiger partial charge < -0.3 is 15.9 Å². The monoisotopic (exact) mass is 181 g/mol. The molecule has 0 aliphatic carbocycles. The van der Waals surface area contributed by atoms with Crippen molar-refractivity contribution < 1.29 is 10.2 Å². The molecule has 2 atom stereocenters. The van der Waals surface area contributed by atoms with E-state index in [4.69, 9.17) is 5.73 Å². The van der Waals surface area contributed by atoms with Gasteiger partial charge in [0.1, 0.15) is 5.75 Å². The van der Waals surface area contributed by atoms with Crippen LogP contribution >= 0.6 is 0 Å². The summed E-state index contributed by atoms with van der Waals surface area (Å²) < 4.78 is 0. The van der Waals surface area contributed by atoms with Crippen molar-refractivity contribution in [2.24, 2.45) is 5.73 Å². The van der Waals surface area contributed by atoms with Gasteiger partial charge in [-0.1, -0.05) is 12.1 Å². The summed E-state index contributed by atoms with van der Waals surface area (Å²) in [5.41, 5.74) is 7.34. The van der Waals surface area contributed by atoms with E-state index >= 15 is 0 Å². The second-order valence-electron chi connectivity index (χ2n) is 3.31. The van der Waals surface area contributed by atoms with Gasteiger partial charge >= 0.3 is 0 Å². The Morgan fingerprint density at radius 2 is 2.00 bits per heavy atom. The van der Waals surface area contributed by atoms with Crippen LogP contribution in [0.3, 0.4) is 0 Å². The Kier molecular flexibility index (Phi) is 2.90. The van der Waals surface area contributed by atoms with Gasteiger partial charge in [-0.05, 0) is 31.0 Å². The topological polar surface area (TPSA) is 66.5 Å². The van der Waals surface area contributed by atoms with Gasteiger partial charge in [-0.15, -0.1) is 0 Å². The Labute approximate surface area is 77.8 Å². The van der Waals surface area contributed by atoms with Crippen LogP contribution < -0.4 is 5.73 Å². The number of aryl methyl sites for hydroxylation is 1. The maximum absolute atomic E-state index is 9.26. The van der Waals surface area contributed by atoms with Crippen LogP contribution in [0.15, 0.2) is 18.2 Å². The van der Waals surface area contributed by atoms with Gasteiger partial charge in [-0.25, -0.2) is 0 Å². The van der Waals surface area contributed by atoms with E-state index in [1.807, 2.05) is 0 Å². The largest absolute Gasteiger partial charge is 0.508 e. The van der Waals surface area contributed by atoms with E-state index < -0.39 is 6.10 Å². The minimum absolute atomic E-state index is 0.251. The lowest BCUT2D eigenvalue weighted by atomic mass is 10.0. The molecule has 0 bridgehead atoms. The summed E-state index contributed by atoms with van der Waals surface area (Å²) in [5, 5.41) is 18.5. The molecule has 0 spiro atoms.